The second-order valence-electron chi connectivity index (χ2n) is 6.24. The van der Waals surface area contributed by atoms with Gasteiger partial charge in [0.25, 0.3) is 0 Å². The predicted molar refractivity (Wildman–Crippen MR) is 98.4 cm³/mol. The van der Waals surface area contributed by atoms with Crippen LogP contribution in [0.4, 0.5) is 5.69 Å². The Morgan fingerprint density at radius 3 is 2.88 bits per heavy atom. The molecule has 0 amide bonds. The van der Waals surface area contributed by atoms with E-state index in [1.54, 1.807) is 0 Å². The molecule has 2 aliphatic heterocycles. The highest BCUT2D eigenvalue weighted by atomic mass is 35.5. The van der Waals surface area contributed by atoms with Gasteiger partial charge in [0.2, 0.25) is 5.29 Å². The molecule has 1 N–H and O–H groups in total. The number of benzene rings is 1. The van der Waals surface area contributed by atoms with Gasteiger partial charge in [-0.25, -0.2) is 0 Å². The van der Waals surface area contributed by atoms with Crippen LogP contribution in [0.2, 0.25) is 0 Å². The van der Waals surface area contributed by atoms with Crippen molar-refractivity contribution in [1.29, 1.82) is 0 Å². The molecule has 1 aromatic carbocycles. The second-order valence-corrected chi connectivity index (χ2v) is 6.58. The minimum Gasteiger partial charge on any atom is -0.391 e. The van der Waals surface area contributed by atoms with Crippen LogP contribution in [-0.4, -0.2) is 54.2 Å². The topological polar surface area (TPSA) is 48.3 Å². The zero-order valence-corrected chi connectivity index (χ0v) is 14.5. The third-order valence-electron chi connectivity index (χ3n) is 4.36. The molecule has 1 fully saturated rings. The van der Waals surface area contributed by atoms with Gasteiger partial charge in [0.1, 0.15) is 12.7 Å². The first-order valence-electron chi connectivity index (χ1n) is 8.53. The van der Waals surface area contributed by atoms with Crippen molar-refractivity contribution in [3.05, 3.63) is 35.9 Å². The minimum absolute atomic E-state index is 0.151. The van der Waals surface area contributed by atoms with Crippen LogP contribution in [0, 0.1) is 0 Å². The molecular weight excluding hydrogens is 326 g/mol. The summed E-state index contributed by atoms with van der Waals surface area (Å²) in [7, 11) is 0. The van der Waals surface area contributed by atoms with Crippen molar-refractivity contribution in [2.24, 2.45) is 5.16 Å². The fourth-order valence-corrected chi connectivity index (χ4v) is 3.36. The van der Waals surface area contributed by atoms with Gasteiger partial charge in [0.15, 0.2) is 0 Å². The third-order valence-corrected chi connectivity index (χ3v) is 4.63. The number of amidine groups is 1. The minimum atomic E-state index is -0.551. The number of piperidine rings is 1. The van der Waals surface area contributed by atoms with Crippen molar-refractivity contribution in [2.45, 2.75) is 25.4 Å². The number of nitrogens with zero attached hydrogens (tertiary/aromatic N) is 3. The monoisotopic (exact) mass is 349 g/mol. The summed E-state index contributed by atoms with van der Waals surface area (Å²) in [5.74, 6) is 0. The molecule has 3 rings (SSSR count). The van der Waals surface area contributed by atoms with Crippen LogP contribution in [0.25, 0.3) is 6.08 Å². The molecular formula is C18H24ClN3O2. The Morgan fingerprint density at radius 1 is 1.25 bits per heavy atom. The highest BCUT2D eigenvalue weighted by Gasteiger charge is 2.18. The molecule has 0 radical (unpaired) electrons. The van der Waals surface area contributed by atoms with Gasteiger partial charge < -0.3 is 19.7 Å². The zero-order chi connectivity index (χ0) is 16.8. The summed E-state index contributed by atoms with van der Waals surface area (Å²) in [6, 6.07) is 8.00. The van der Waals surface area contributed by atoms with E-state index < -0.39 is 6.10 Å². The number of aliphatic hydroxyl groups is 1. The Morgan fingerprint density at radius 2 is 2.04 bits per heavy atom. The van der Waals surface area contributed by atoms with Gasteiger partial charge in [0, 0.05) is 13.1 Å². The zero-order valence-electron chi connectivity index (χ0n) is 13.8. The number of oxime groups is 1. The SMILES string of the molecule is OC(CON=C(Cl)N1CC=Cc2ccccc21)CN1CCCCC1. The fourth-order valence-electron chi connectivity index (χ4n) is 3.15. The number of β-amino-alcohol motifs (C(OH)–C–C–N with tert-alkyl or cyclic N) is 1. The summed E-state index contributed by atoms with van der Waals surface area (Å²) >= 11 is 6.29. The van der Waals surface area contributed by atoms with Crippen LogP contribution in [-0.2, 0) is 4.84 Å². The highest BCUT2D eigenvalue weighted by molar-refractivity contribution is 6.67. The van der Waals surface area contributed by atoms with Gasteiger partial charge in [-0.15, -0.1) is 0 Å². The predicted octanol–water partition coefficient (Wildman–Crippen LogP) is 2.89. The molecule has 1 atom stereocenters. The number of para-hydroxylation sites is 1. The molecule has 2 aliphatic rings. The molecule has 1 aromatic rings. The first kappa shape index (κ1) is 17.3. The standard InChI is InChI=1S/C18H24ClN3O2/c19-18(22-12-6-8-15-7-2-3-9-17(15)22)20-24-14-16(23)13-21-10-4-1-5-11-21/h2-3,6-9,16,23H,1,4-5,10-14H2. The normalized spacial score (nSPS) is 19.9. The molecule has 0 spiro atoms. The van der Waals surface area contributed by atoms with Gasteiger partial charge >= 0.3 is 0 Å². The quantitative estimate of drug-likeness (QED) is 0.384. The van der Waals surface area contributed by atoms with Crippen LogP contribution < -0.4 is 4.90 Å². The molecule has 0 bridgehead atoms. The van der Waals surface area contributed by atoms with Crippen LogP contribution in [0.3, 0.4) is 0 Å². The van der Waals surface area contributed by atoms with Crippen LogP contribution in [0.15, 0.2) is 35.5 Å². The Balaban J connectivity index is 1.50. The van der Waals surface area contributed by atoms with Gasteiger partial charge in [-0.05, 0) is 49.2 Å². The van der Waals surface area contributed by atoms with E-state index in [0.29, 0.717) is 13.1 Å². The van der Waals surface area contributed by atoms with Crippen molar-refractivity contribution in [3.63, 3.8) is 0 Å². The molecule has 2 heterocycles. The number of likely N-dealkylation sites (tertiary alicyclic amines) is 1. The first-order valence-corrected chi connectivity index (χ1v) is 8.91. The van der Waals surface area contributed by atoms with Crippen LogP contribution >= 0.6 is 11.6 Å². The van der Waals surface area contributed by atoms with Crippen molar-refractivity contribution in [3.8, 4) is 0 Å². The number of fused-ring (bicyclic) bond motifs is 1. The smallest absolute Gasteiger partial charge is 0.241 e. The van der Waals surface area contributed by atoms with E-state index >= 15 is 0 Å². The summed E-state index contributed by atoms with van der Waals surface area (Å²) in [5, 5.41) is 14.3. The van der Waals surface area contributed by atoms with E-state index in [1.807, 2.05) is 35.2 Å². The van der Waals surface area contributed by atoms with Crippen LogP contribution in [0.1, 0.15) is 24.8 Å². The van der Waals surface area contributed by atoms with Gasteiger partial charge in [-0.1, -0.05) is 41.9 Å². The molecule has 130 valence electrons. The molecule has 6 heteroatoms. The van der Waals surface area contributed by atoms with E-state index in [1.165, 1.54) is 19.3 Å². The molecule has 5 nitrogen and oxygen atoms in total. The van der Waals surface area contributed by atoms with Crippen molar-refractivity contribution < 1.29 is 9.94 Å². The molecule has 1 saturated heterocycles. The summed E-state index contributed by atoms with van der Waals surface area (Å²) in [6.07, 6.45) is 7.25. The van der Waals surface area contributed by atoms with Crippen molar-refractivity contribution >= 4 is 28.7 Å². The number of anilines is 1. The Hall–Kier alpha value is -1.56. The first-order chi connectivity index (χ1) is 11.7. The van der Waals surface area contributed by atoms with Gasteiger partial charge in [-0.2, -0.15) is 0 Å². The van der Waals surface area contributed by atoms with E-state index in [2.05, 4.69) is 16.1 Å². The summed E-state index contributed by atoms with van der Waals surface area (Å²) < 4.78 is 0. The summed E-state index contributed by atoms with van der Waals surface area (Å²) in [4.78, 5) is 9.44. The number of halogens is 1. The van der Waals surface area contributed by atoms with E-state index in [0.717, 1.165) is 24.3 Å². The average Bonchev–Trinajstić information content (AvgIpc) is 2.62. The largest absolute Gasteiger partial charge is 0.391 e. The summed E-state index contributed by atoms with van der Waals surface area (Å²) in [5.41, 5.74) is 2.11. The Kier molecular flexibility index (Phi) is 6.12. The van der Waals surface area contributed by atoms with E-state index in [4.69, 9.17) is 16.4 Å². The maximum absolute atomic E-state index is 10.1. The fraction of sp³-hybridized carbons (Fsp3) is 0.500. The number of hydrogen-bond donors (Lipinski definition) is 1. The van der Waals surface area contributed by atoms with Crippen LogP contribution in [0.5, 0.6) is 0 Å². The lowest BCUT2D eigenvalue weighted by molar-refractivity contribution is 0.0159. The average molecular weight is 350 g/mol. The number of aliphatic hydroxyl groups excluding tert-OH is 1. The Labute approximate surface area is 148 Å². The van der Waals surface area contributed by atoms with Crippen molar-refractivity contribution in [2.75, 3.05) is 37.7 Å². The molecule has 0 aliphatic carbocycles. The maximum Gasteiger partial charge on any atom is 0.241 e. The summed E-state index contributed by atoms with van der Waals surface area (Å²) in [6.45, 7) is 3.54. The molecule has 0 aromatic heterocycles. The lowest BCUT2D eigenvalue weighted by Crippen LogP contribution is -2.38. The van der Waals surface area contributed by atoms with E-state index in [-0.39, 0.29) is 11.9 Å². The lowest BCUT2D eigenvalue weighted by Gasteiger charge is -2.28. The third kappa shape index (κ3) is 4.50. The lowest BCUT2D eigenvalue weighted by atomic mass is 10.1. The number of rotatable bonds is 5. The second kappa shape index (κ2) is 8.51. The maximum atomic E-state index is 10.1. The molecule has 0 saturated carbocycles. The van der Waals surface area contributed by atoms with Gasteiger partial charge in [-0.3, -0.25) is 0 Å². The molecule has 1 unspecified atom stereocenters. The van der Waals surface area contributed by atoms with E-state index in [9.17, 15) is 5.11 Å². The van der Waals surface area contributed by atoms with Crippen molar-refractivity contribution in [1.82, 2.24) is 4.90 Å². The molecule has 24 heavy (non-hydrogen) atoms. The highest BCUT2D eigenvalue weighted by Crippen LogP contribution is 2.26. The number of hydrogen-bond acceptors (Lipinski definition) is 4. The van der Waals surface area contributed by atoms with Gasteiger partial charge in [0.05, 0.1) is 5.69 Å². The Bertz CT molecular complexity index is 600.